The van der Waals surface area contributed by atoms with Crippen LogP contribution in [0.3, 0.4) is 0 Å². The van der Waals surface area contributed by atoms with Crippen LogP contribution in [0.1, 0.15) is 34.8 Å². The predicted molar refractivity (Wildman–Crippen MR) is 78.8 cm³/mol. The summed E-state index contributed by atoms with van der Waals surface area (Å²) in [5, 5.41) is 0.641. The van der Waals surface area contributed by atoms with Gasteiger partial charge in [0.2, 0.25) is 5.88 Å². The highest BCUT2D eigenvalue weighted by molar-refractivity contribution is 7.98. The van der Waals surface area contributed by atoms with Crippen LogP contribution in [0.25, 0.3) is 11.4 Å². The molecule has 3 rings (SSSR count). The van der Waals surface area contributed by atoms with Gasteiger partial charge in [-0.25, -0.2) is 19.9 Å². The van der Waals surface area contributed by atoms with Crippen molar-refractivity contribution in [2.75, 3.05) is 13.4 Å². The predicted octanol–water partition coefficient (Wildman–Crippen LogP) is 2.35. The molecule has 0 spiro atoms. The summed E-state index contributed by atoms with van der Waals surface area (Å²) < 4.78 is 5.34. The Balaban J connectivity index is 2.17. The molecule has 1 aliphatic rings. The van der Waals surface area contributed by atoms with Gasteiger partial charge in [0.15, 0.2) is 12.1 Å². The highest BCUT2D eigenvalue weighted by Gasteiger charge is 2.31. The number of hydrogen-bond donors (Lipinski definition) is 0. The van der Waals surface area contributed by atoms with Crippen molar-refractivity contribution in [1.29, 1.82) is 0 Å². The van der Waals surface area contributed by atoms with E-state index in [1.54, 1.807) is 7.11 Å². The number of carbonyl (C=O) groups excluding carboxylic acids is 1. The molecule has 0 aliphatic heterocycles. The van der Waals surface area contributed by atoms with E-state index >= 15 is 0 Å². The second kappa shape index (κ2) is 5.77. The lowest BCUT2D eigenvalue weighted by molar-refractivity contribution is 0.112. The van der Waals surface area contributed by atoms with Crippen molar-refractivity contribution >= 4 is 18.0 Å². The van der Waals surface area contributed by atoms with Gasteiger partial charge in [-0.05, 0) is 19.1 Å². The van der Waals surface area contributed by atoms with Crippen molar-refractivity contribution in [3.8, 4) is 17.3 Å². The van der Waals surface area contributed by atoms with E-state index in [9.17, 15) is 4.79 Å². The maximum absolute atomic E-state index is 11.0. The van der Waals surface area contributed by atoms with Gasteiger partial charge in [0, 0.05) is 12.1 Å². The van der Waals surface area contributed by atoms with Gasteiger partial charge < -0.3 is 4.74 Å². The van der Waals surface area contributed by atoms with Gasteiger partial charge in [0.1, 0.15) is 16.9 Å². The number of aromatic nitrogens is 4. The van der Waals surface area contributed by atoms with Gasteiger partial charge in [-0.1, -0.05) is 0 Å². The van der Waals surface area contributed by atoms with E-state index in [2.05, 4.69) is 19.9 Å². The maximum Gasteiger partial charge on any atom is 0.227 e. The van der Waals surface area contributed by atoms with Crippen molar-refractivity contribution in [3.63, 3.8) is 0 Å². The Kier molecular flexibility index (Phi) is 3.83. The number of thioether (sulfide) groups is 1. The average Bonchev–Trinajstić information content (AvgIpc) is 3.38. The molecule has 0 atom stereocenters. The maximum atomic E-state index is 11.0. The molecule has 2 aromatic rings. The van der Waals surface area contributed by atoms with Crippen LogP contribution in [0.5, 0.6) is 5.88 Å². The summed E-state index contributed by atoms with van der Waals surface area (Å²) in [4.78, 5) is 28.3. The van der Waals surface area contributed by atoms with E-state index in [0.717, 1.165) is 30.4 Å². The molecule has 0 aromatic carbocycles. The molecular formula is C14H14N4O2S. The van der Waals surface area contributed by atoms with E-state index in [1.807, 2.05) is 6.26 Å². The van der Waals surface area contributed by atoms with E-state index in [-0.39, 0.29) is 0 Å². The minimum absolute atomic E-state index is 0.420. The summed E-state index contributed by atoms with van der Waals surface area (Å²) in [7, 11) is 1.57. The van der Waals surface area contributed by atoms with E-state index < -0.39 is 0 Å². The zero-order chi connectivity index (χ0) is 14.8. The van der Waals surface area contributed by atoms with Crippen molar-refractivity contribution in [2.45, 2.75) is 23.8 Å². The van der Waals surface area contributed by atoms with E-state index in [4.69, 9.17) is 4.74 Å². The SMILES string of the molecule is COc1ncnc(C2CC2)c1-c1ncc(C=O)c(SC)n1. The number of ether oxygens (including phenoxy) is 1. The molecule has 1 aliphatic carbocycles. The molecule has 0 saturated heterocycles. The third-order valence-electron chi connectivity index (χ3n) is 3.32. The second-order valence-electron chi connectivity index (χ2n) is 4.69. The molecule has 0 unspecified atom stereocenters. The molecule has 0 radical (unpaired) electrons. The lowest BCUT2D eigenvalue weighted by atomic mass is 10.1. The molecular weight excluding hydrogens is 288 g/mol. The van der Waals surface area contributed by atoms with Crippen molar-refractivity contribution in [2.24, 2.45) is 0 Å². The number of aldehydes is 1. The monoisotopic (exact) mass is 302 g/mol. The van der Waals surface area contributed by atoms with Crippen LogP contribution in [-0.4, -0.2) is 39.6 Å². The molecule has 2 heterocycles. The van der Waals surface area contributed by atoms with Crippen molar-refractivity contribution < 1.29 is 9.53 Å². The molecule has 7 heteroatoms. The molecule has 108 valence electrons. The Morgan fingerprint density at radius 2 is 2.14 bits per heavy atom. The van der Waals surface area contributed by atoms with E-state index in [1.165, 1.54) is 24.3 Å². The molecule has 0 bridgehead atoms. The number of carbonyl (C=O) groups is 1. The lowest BCUT2D eigenvalue weighted by Gasteiger charge is -2.11. The van der Waals surface area contributed by atoms with Gasteiger partial charge in [0.25, 0.3) is 0 Å². The van der Waals surface area contributed by atoms with Crippen LogP contribution in [-0.2, 0) is 0 Å². The average molecular weight is 302 g/mol. The summed E-state index contributed by atoms with van der Waals surface area (Å²) in [5.74, 6) is 1.39. The molecule has 2 aromatic heterocycles. The number of hydrogen-bond acceptors (Lipinski definition) is 7. The van der Waals surface area contributed by atoms with Crippen LogP contribution < -0.4 is 4.74 Å². The summed E-state index contributed by atoms with van der Waals surface area (Å²) in [6.07, 6.45) is 7.88. The number of rotatable bonds is 5. The third kappa shape index (κ3) is 2.61. The first-order valence-corrected chi connectivity index (χ1v) is 7.76. The topological polar surface area (TPSA) is 77.9 Å². The summed E-state index contributed by atoms with van der Waals surface area (Å²) in [5.41, 5.74) is 2.14. The van der Waals surface area contributed by atoms with Crippen LogP contribution in [0.15, 0.2) is 17.6 Å². The minimum atomic E-state index is 0.420. The molecule has 0 amide bonds. The molecule has 0 N–H and O–H groups in total. The fraction of sp³-hybridized carbons (Fsp3) is 0.357. The highest BCUT2D eigenvalue weighted by Crippen LogP contribution is 2.44. The Bertz CT molecular complexity index is 689. The van der Waals surface area contributed by atoms with Gasteiger partial charge in [-0.15, -0.1) is 11.8 Å². The van der Waals surface area contributed by atoms with Crippen molar-refractivity contribution in [1.82, 2.24) is 19.9 Å². The normalized spacial score (nSPS) is 14.0. The van der Waals surface area contributed by atoms with Gasteiger partial charge in [-0.2, -0.15) is 0 Å². The fourth-order valence-corrected chi connectivity index (χ4v) is 2.67. The molecule has 21 heavy (non-hydrogen) atoms. The summed E-state index contributed by atoms with van der Waals surface area (Å²) in [6.45, 7) is 0. The van der Waals surface area contributed by atoms with Crippen LogP contribution in [0, 0.1) is 0 Å². The first-order valence-electron chi connectivity index (χ1n) is 6.54. The zero-order valence-electron chi connectivity index (χ0n) is 11.7. The van der Waals surface area contributed by atoms with Crippen LogP contribution in [0.4, 0.5) is 0 Å². The molecule has 1 fully saturated rings. The Morgan fingerprint density at radius 1 is 1.33 bits per heavy atom. The van der Waals surface area contributed by atoms with E-state index in [0.29, 0.717) is 28.2 Å². The molecule has 6 nitrogen and oxygen atoms in total. The smallest absolute Gasteiger partial charge is 0.227 e. The molecule has 1 saturated carbocycles. The Morgan fingerprint density at radius 3 is 2.76 bits per heavy atom. The van der Waals surface area contributed by atoms with Crippen LogP contribution in [0.2, 0.25) is 0 Å². The first kappa shape index (κ1) is 13.9. The largest absolute Gasteiger partial charge is 0.480 e. The lowest BCUT2D eigenvalue weighted by Crippen LogP contribution is -2.03. The van der Waals surface area contributed by atoms with Gasteiger partial charge in [-0.3, -0.25) is 4.79 Å². The summed E-state index contributed by atoms with van der Waals surface area (Å²) >= 11 is 1.41. The van der Waals surface area contributed by atoms with Crippen molar-refractivity contribution in [3.05, 3.63) is 23.8 Å². The first-order chi connectivity index (χ1) is 10.3. The minimum Gasteiger partial charge on any atom is -0.480 e. The zero-order valence-corrected chi connectivity index (χ0v) is 12.6. The number of methoxy groups -OCH3 is 1. The Hall–Kier alpha value is -2.02. The second-order valence-corrected chi connectivity index (χ2v) is 5.49. The highest BCUT2D eigenvalue weighted by atomic mass is 32.2. The van der Waals surface area contributed by atoms with Gasteiger partial charge >= 0.3 is 0 Å². The third-order valence-corrected chi connectivity index (χ3v) is 4.04. The standard InChI is InChI=1S/C14H14N4O2S/c1-20-13-10(11(8-3-4-8)16-7-17-13)12-15-5-9(6-19)14(18-12)21-2/h5-8H,3-4H2,1-2H3. The van der Waals surface area contributed by atoms with Gasteiger partial charge in [0.05, 0.1) is 18.4 Å². The summed E-state index contributed by atoms with van der Waals surface area (Å²) in [6, 6.07) is 0. The van der Waals surface area contributed by atoms with Crippen LogP contribution >= 0.6 is 11.8 Å². The quantitative estimate of drug-likeness (QED) is 0.476. The Labute approximate surface area is 126 Å². The number of nitrogens with zero attached hydrogens (tertiary/aromatic N) is 4. The fourth-order valence-electron chi connectivity index (χ4n) is 2.15.